The molecular formula is C24H33FN3O3+. The molecule has 0 bridgehead atoms. The number of benzene rings is 2. The second-order valence-corrected chi connectivity index (χ2v) is 8.03. The van der Waals surface area contributed by atoms with Crippen molar-refractivity contribution in [3.05, 3.63) is 58.9 Å². The molecule has 31 heavy (non-hydrogen) atoms. The number of carbonyl (C=O) groups is 1. The van der Waals surface area contributed by atoms with Crippen LogP contribution in [0.3, 0.4) is 0 Å². The molecule has 3 N–H and O–H groups in total. The monoisotopic (exact) mass is 430 g/mol. The Morgan fingerprint density at radius 3 is 2.52 bits per heavy atom. The summed E-state index contributed by atoms with van der Waals surface area (Å²) in [6.07, 6.45) is 1.77. The van der Waals surface area contributed by atoms with E-state index in [1.165, 1.54) is 22.6 Å². The van der Waals surface area contributed by atoms with E-state index >= 15 is 0 Å². The van der Waals surface area contributed by atoms with Crippen molar-refractivity contribution in [3.63, 3.8) is 0 Å². The molecule has 2 aromatic carbocycles. The van der Waals surface area contributed by atoms with E-state index in [0.717, 1.165) is 37.1 Å². The molecule has 1 heterocycles. The molecule has 0 spiro atoms. The van der Waals surface area contributed by atoms with Crippen LogP contribution in [0, 0.1) is 5.82 Å². The van der Waals surface area contributed by atoms with Crippen molar-refractivity contribution in [3.8, 4) is 11.5 Å². The largest absolute Gasteiger partial charge is 0.493 e. The smallest absolute Gasteiger partial charge is 0.315 e. The van der Waals surface area contributed by atoms with E-state index in [1.807, 2.05) is 38.1 Å². The maximum atomic E-state index is 13.4. The van der Waals surface area contributed by atoms with Crippen molar-refractivity contribution >= 4 is 6.03 Å². The maximum Gasteiger partial charge on any atom is 0.315 e. The van der Waals surface area contributed by atoms with Crippen LogP contribution >= 0.6 is 0 Å². The molecule has 1 aliphatic heterocycles. The molecule has 2 amide bonds. The van der Waals surface area contributed by atoms with Crippen LogP contribution in [0.2, 0.25) is 0 Å². The predicted molar refractivity (Wildman–Crippen MR) is 118 cm³/mol. The summed E-state index contributed by atoms with van der Waals surface area (Å²) in [7, 11) is 3.27. The lowest BCUT2D eigenvalue weighted by atomic mass is 9.87. The van der Waals surface area contributed by atoms with Crippen molar-refractivity contribution in [2.24, 2.45) is 0 Å². The van der Waals surface area contributed by atoms with Gasteiger partial charge in [-0.05, 0) is 43.2 Å². The minimum Gasteiger partial charge on any atom is -0.493 e. The number of fused-ring (bicyclic) bond motifs is 1. The third kappa shape index (κ3) is 5.47. The number of hydrogen-bond donors (Lipinski definition) is 3. The highest BCUT2D eigenvalue weighted by Gasteiger charge is 2.37. The standard InChI is InChI=1S/C24H32FN3O3/c1-5-11-26-24(29)27-16(2)23-20-14-22(31-4)21(30-3)13-18(20)10-12-28(23)15-17-6-8-19(25)9-7-17/h6-9,13-14,16,23H,5,10-12,15H2,1-4H3,(H2,26,27,29)/p+1/t16-,23-/m1/s1. The van der Waals surface area contributed by atoms with Gasteiger partial charge in [0, 0.05) is 24.1 Å². The van der Waals surface area contributed by atoms with Crippen LogP contribution in [0.1, 0.15) is 43.0 Å². The number of amides is 2. The van der Waals surface area contributed by atoms with E-state index in [2.05, 4.69) is 10.6 Å². The maximum absolute atomic E-state index is 13.4. The molecule has 3 rings (SSSR count). The fourth-order valence-corrected chi connectivity index (χ4v) is 4.38. The lowest BCUT2D eigenvalue weighted by Crippen LogP contribution is -3.13. The van der Waals surface area contributed by atoms with E-state index < -0.39 is 0 Å². The lowest BCUT2D eigenvalue weighted by Gasteiger charge is -2.38. The third-order valence-electron chi connectivity index (χ3n) is 5.87. The van der Waals surface area contributed by atoms with Crippen molar-refractivity contribution in [2.45, 2.75) is 45.3 Å². The van der Waals surface area contributed by atoms with E-state index in [0.29, 0.717) is 18.0 Å². The molecular weight excluding hydrogens is 397 g/mol. The highest BCUT2D eigenvalue weighted by Crippen LogP contribution is 2.35. The van der Waals surface area contributed by atoms with Crippen LogP contribution in [0.25, 0.3) is 0 Å². The summed E-state index contributed by atoms with van der Waals surface area (Å²) in [5.41, 5.74) is 3.41. The van der Waals surface area contributed by atoms with Crippen LogP contribution < -0.4 is 25.0 Å². The average molecular weight is 431 g/mol. The van der Waals surface area contributed by atoms with E-state index in [9.17, 15) is 9.18 Å². The Morgan fingerprint density at radius 1 is 1.19 bits per heavy atom. The summed E-state index contributed by atoms with van der Waals surface area (Å²) in [6, 6.07) is 10.5. The molecule has 6 nitrogen and oxygen atoms in total. The molecule has 2 aromatic rings. The van der Waals surface area contributed by atoms with Gasteiger partial charge >= 0.3 is 6.03 Å². The third-order valence-corrected chi connectivity index (χ3v) is 5.87. The van der Waals surface area contributed by atoms with Gasteiger partial charge in [-0.15, -0.1) is 0 Å². The number of hydrogen-bond acceptors (Lipinski definition) is 3. The van der Waals surface area contributed by atoms with Gasteiger partial charge in [0.2, 0.25) is 0 Å². The van der Waals surface area contributed by atoms with Gasteiger partial charge in [0.25, 0.3) is 0 Å². The fourth-order valence-electron chi connectivity index (χ4n) is 4.38. The zero-order chi connectivity index (χ0) is 22.4. The minimum absolute atomic E-state index is 0.0148. The molecule has 1 unspecified atom stereocenters. The van der Waals surface area contributed by atoms with Gasteiger partial charge in [-0.2, -0.15) is 0 Å². The molecule has 168 valence electrons. The Bertz CT molecular complexity index is 888. The van der Waals surface area contributed by atoms with E-state index in [1.54, 1.807) is 14.2 Å². The van der Waals surface area contributed by atoms with Gasteiger partial charge in [0.1, 0.15) is 18.4 Å². The average Bonchev–Trinajstić information content (AvgIpc) is 2.77. The first-order valence-electron chi connectivity index (χ1n) is 10.8. The first-order valence-corrected chi connectivity index (χ1v) is 10.8. The summed E-state index contributed by atoms with van der Waals surface area (Å²) in [6.45, 7) is 6.33. The Morgan fingerprint density at radius 2 is 1.87 bits per heavy atom. The summed E-state index contributed by atoms with van der Waals surface area (Å²) < 4.78 is 24.4. The summed E-state index contributed by atoms with van der Waals surface area (Å²) >= 11 is 0. The highest BCUT2D eigenvalue weighted by atomic mass is 19.1. The van der Waals surface area contributed by atoms with E-state index in [-0.39, 0.29) is 23.9 Å². The number of urea groups is 1. The first-order chi connectivity index (χ1) is 15.0. The zero-order valence-corrected chi connectivity index (χ0v) is 18.8. The van der Waals surface area contributed by atoms with Crippen molar-refractivity contribution in [1.29, 1.82) is 0 Å². The summed E-state index contributed by atoms with van der Waals surface area (Å²) in [5.74, 6) is 1.15. The Kier molecular flexibility index (Phi) is 7.74. The summed E-state index contributed by atoms with van der Waals surface area (Å²) in [5, 5.41) is 6.01. The number of halogens is 1. The van der Waals surface area contributed by atoms with E-state index in [4.69, 9.17) is 9.47 Å². The van der Waals surface area contributed by atoms with Crippen LogP contribution in [0.4, 0.5) is 9.18 Å². The Hall–Kier alpha value is -2.80. The Labute approximate surface area is 183 Å². The van der Waals surface area contributed by atoms with Crippen molar-refractivity contribution < 1.29 is 23.6 Å². The van der Waals surface area contributed by atoms with Crippen LogP contribution in [0.15, 0.2) is 36.4 Å². The fraction of sp³-hybridized carbons (Fsp3) is 0.458. The molecule has 7 heteroatoms. The molecule has 0 saturated heterocycles. The Balaban J connectivity index is 1.93. The van der Waals surface area contributed by atoms with Crippen LogP contribution in [0.5, 0.6) is 11.5 Å². The van der Waals surface area contributed by atoms with Gasteiger partial charge < -0.3 is 25.0 Å². The number of carbonyl (C=O) groups excluding carboxylic acids is 1. The number of quaternary nitrogens is 1. The minimum atomic E-state index is -0.237. The molecule has 1 aliphatic rings. The first kappa shape index (κ1) is 22.9. The van der Waals surface area contributed by atoms with Crippen LogP contribution in [-0.2, 0) is 13.0 Å². The van der Waals surface area contributed by atoms with Crippen LogP contribution in [-0.4, -0.2) is 39.4 Å². The molecule has 3 atom stereocenters. The number of ether oxygens (including phenoxy) is 2. The molecule has 0 saturated carbocycles. The quantitative estimate of drug-likeness (QED) is 0.603. The second-order valence-electron chi connectivity index (χ2n) is 8.03. The van der Waals surface area contributed by atoms with Gasteiger partial charge in [-0.3, -0.25) is 0 Å². The second kappa shape index (κ2) is 10.5. The SMILES string of the molecule is CCCNC(=O)N[C@H](C)[C@@H]1c2cc(OC)c(OC)cc2CC[NH+]1Cc1ccc(F)cc1. The van der Waals surface area contributed by atoms with Gasteiger partial charge in [-0.25, -0.2) is 9.18 Å². The number of methoxy groups -OCH3 is 2. The van der Waals surface area contributed by atoms with Gasteiger partial charge in [0.05, 0.1) is 26.8 Å². The van der Waals surface area contributed by atoms with Gasteiger partial charge in [-0.1, -0.05) is 19.1 Å². The normalized spacial score (nSPS) is 18.6. The lowest BCUT2D eigenvalue weighted by molar-refractivity contribution is -0.948. The molecule has 0 aromatic heterocycles. The number of rotatable bonds is 8. The predicted octanol–water partition coefficient (Wildman–Crippen LogP) is 2.62. The van der Waals surface area contributed by atoms with Gasteiger partial charge in [0.15, 0.2) is 11.5 Å². The zero-order valence-electron chi connectivity index (χ0n) is 18.8. The van der Waals surface area contributed by atoms with Crippen molar-refractivity contribution in [2.75, 3.05) is 27.3 Å². The molecule has 0 aliphatic carbocycles. The molecule has 0 radical (unpaired) electrons. The number of nitrogens with one attached hydrogen (secondary N) is 3. The summed E-state index contributed by atoms with van der Waals surface area (Å²) in [4.78, 5) is 13.7. The topological polar surface area (TPSA) is 64.0 Å². The highest BCUT2D eigenvalue weighted by molar-refractivity contribution is 5.74. The van der Waals surface area contributed by atoms with Crippen molar-refractivity contribution in [1.82, 2.24) is 10.6 Å². The molecule has 0 fully saturated rings.